The molecule has 1 heterocycles. The molecular formula is C11H17ClN4O2. The molecule has 0 spiro atoms. The summed E-state index contributed by atoms with van der Waals surface area (Å²) in [5, 5.41) is 9.53. The first-order valence-electron chi connectivity index (χ1n) is 5.69. The van der Waals surface area contributed by atoms with E-state index in [0.29, 0.717) is 18.7 Å². The number of rotatable bonds is 5. The summed E-state index contributed by atoms with van der Waals surface area (Å²) in [5.41, 5.74) is 0.110. The summed E-state index contributed by atoms with van der Waals surface area (Å²) in [7, 11) is 1.57. The van der Waals surface area contributed by atoms with Crippen LogP contribution in [0.2, 0.25) is 5.02 Å². The maximum atomic E-state index is 11.8. The average Bonchev–Trinajstić information content (AvgIpc) is 2.33. The Morgan fingerprint density at radius 2 is 2.22 bits per heavy atom. The van der Waals surface area contributed by atoms with Gasteiger partial charge in [-0.2, -0.15) is 5.10 Å². The van der Waals surface area contributed by atoms with Gasteiger partial charge < -0.3 is 10.6 Å². The van der Waals surface area contributed by atoms with E-state index in [1.165, 1.54) is 10.9 Å². The number of hydrogen-bond acceptors (Lipinski definition) is 4. The van der Waals surface area contributed by atoms with Crippen LogP contribution in [0.5, 0.6) is 0 Å². The van der Waals surface area contributed by atoms with Crippen molar-refractivity contribution < 1.29 is 4.79 Å². The molecule has 0 atom stereocenters. The fourth-order valence-corrected chi connectivity index (χ4v) is 1.57. The van der Waals surface area contributed by atoms with Gasteiger partial charge >= 0.3 is 0 Å². The van der Waals surface area contributed by atoms with Crippen molar-refractivity contribution in [1.29, 1.82) is 0 Å². The zero-order valence-corrected chi connectivity index (χ0v) is 11.4. The summed E-state index contributed by atoms with van der Waals surface area (Å²) in [6.45, 7) is 4.10. The maximum absolute atomic E-state index is 11.8. The van der Waals surface area contributed by atoms with Gasteiger partial charge in [0.1, 0.15) is 5.02 Å². The highest BCUT2D eigenvalue weighted by Gasteiger charge is 2.11. The lowest BCUT2D eigenvalue weighted by Gasteiger charge is -2.11. The fourth-order valence-electron chi connectivity index (χ4n) is 1.37. The number of anilines is 1. The molecule has 6 nitrogen and oxygen atoms in total. The number of halogens is 1. The zero-order valence-electron chi connectivity index (χ0n) is 10.7. The quantitative estimate of drug-likeness (QED) is 0.839. The normalized spacial score (nSPS) is 10.5. The molecule has 0 saturated heterocycles. The number of carbonyl (C=O) groups is 1. The van der Waals surface area contributed by atoms with Crippen LogP contribution in [0.4, 0.5) is 5.69 Å². The fraction of sp³-hybridized carbons (Fsp3) is 0.545. The zero-order chi connectivity index (χ0) is 13.7. The van der Waals surface area contributed by atoms with Crippen LogP contribution in [-0.2, 0) is 4.79 Å². The van der Waals surface area contributed by atoms with Crippen LogP contribution in [0.3, 0.4) is 0 Å². The Morgan fingerprint density at radius 3 is 2.78 bits per heavy atom. The van der Waals surface area contributed by atoms with Gasteiger partial charge in [-0.15, -0.1) is 0 Å². The molecule has 0 aliphatic heterocycles. The smallest absolute Gasteiger partial charge is 0.287 e. The summed E-state index contributed by atoms with van der Waals surface area (Å²) in [4.78, 5) is 22.9. The van der Waals surface area contributed by atoms with Crippen LogP contribution in [0.15, 0.2) is 11.0 Å². The van der Waals surface area contributed by atoms with Crippen LogP contribution in [0.1, 0.15) is 26.3 Å². The molecule has 0 saturated carbocycles. The Balaban J connectivity index is 2.77. The van der Waals surface area contributed by atoms with Gasteiger partial charge in [0.05, 0.1) is 17.9 Å². The minimum Gasteiger partial charge on any atom is -0.382 e. The van der Waals surface area contributed by atoms with Crippen molar-refractivity contribution in [2.24, 2.45) is 0 Å². The van der Waals surface area contributed by atoms with Gasteiger partial charge in [0.15, 0.2) is 0 Å². The number of aromatic nitrogens is 2. The summed E-state index contributed by atoms with van der Waals surface area (Å²) >= 11 is 5.96. The maximum Gasteiger partial charge on any atom is 0.287 e. The van der Waals surface area contributed by atoms with E-state index in [2.05, 4.69) is 15.7 Å². The first kappa shape index (κ1) is 14.5. The molecular weight excluding hydrogens is 256 g/mol. The Morgan fingerprint density at radius 1 is 1.56 bits per heavy atom. The van der Waals surface area contributed by atoms with Crippen molar-refractivity contribution in [1.82, 2.24) is 15.1 Å². The Bertz CT molecular complexity index is 484. The van der Waals surface area contributed by atoms with Crippen molar-refractivity contribution in [3.8, 4) is 0 Å². The third-order valence-electron chi connectivity index (χ3n) is 2.38. The third-order valence-corrected chi connectivity index (χ3v) is 2.74. The van der Waals surface area contributed by atoms with Gasteiger partial charge in [0.2, 0.25) is 5.91 Å². The molecule has 100 valence electrons. The lowest BCUT2D eigenvalue weighted by atomic mass is 10.3. The van der Waals surface area contributed by atoms with Crippen molar-refractivity contribution >= 4 is 23.2 Å². The highest BCUT2D eigenvalue weighted by atomic mass is 35.5. The summed E-state index contributed by atoms with van der Waals surface area (Å²) in [6, 6.07) is -0.0464. The molecule has 1 aromatic rings. The highest BCUT2D eigenvalue weighted by Crippen LogP contribution is 2.16. The summed E-state index contributed by atoms with van der Waals surface area (Å²) in [5.74, 6) is -0.0814. The Hall–Kier alpha value is -1.56. The van der Waals surface area contributed by atoms with Gasteiger partial charge in [-0.1, -0.05) is 11.6 Å². The van der Waals surface area contributed by atoms with Crippen molar-refractivity contribution in [2.45, 2.75) is 26.3 Å². The van der Waals surface area contributed by atoms with E-state index in [1.807, 2.05) is 13.8 Å². The molecule has 0 unspecified atom stereocenters. The largest absolute Gasteiger partial charge is 0.382 e. The van der Waals surface area contributed by atoms with Gasteiger partial charge in [-0.3, -0.25) is 9.59 Å². The van der Waals surface area contributed by atoms with E-state index >= 15 is 0 Å². The van der Waals surface area contributed by atoms with Crippen LogP contribution >= 0.6 is 11.6 Å². The van der Waals surface area contributed by atoms with E-state index < -0.39 is 0 Å². The number of carbonyl (C=O) groups excluding carboxylic acids is 1. The standard InChI is InChI=1S/C11H17ClN4O2/c1-7(2)16-11(18)10(12)8(6-15-16)14-5-4-9(17)13-3/h6-7,14H,4-5H2,1-3H3,(H,13,17). The summed E-state index contributed by atoms with van der Waals surface area (Å²) in [6.07, 6.45) is 1.80. The number of nitrogens with one attached hydrogen (secondary N) is 2. The lowest BCUT2D eigenvalue weighted by Crippen LogP contribution is -2.26. The summed E-state index contributed by atoms with van der Waals surface area (Å²) < 4.78 is 1.31. The molecule has 2 N–H and O–H groups in total. The topological polar surface area (TPSA) is 76.0 Å². The predicted molar refractivity (Wildman–Crippen MR) is 71.1 cm³/mol. The molecule has 0 aliphatic carbocycles. The van der Waals surface area contributed by atoms with Gasteiger partial charge in [0.25, 0.3) is 5.56 Å². The molecule has 1 amide bonds. The molecule has 0 aromatic carbocycles. The van der Waals surface area contributed by atoms with E-state index in [0.717, 1.165) is 0 Å². The van der Waals surface area contributed by atoms with Crippen molar-refractivity contribution in [2.75, 3.05) is 18.9 Å². The lowest BCUT2D eigenvalue weighted by molar-refractivity contribution is -0.120. The molecule has 1 rings (SSSR count). The third kappa shape index (κ3) is 3.46. The second kappa shape index (κ2) is 6.39. The van der Waals surface area contributed by atoms with Gasteiger partial charge in [0, 0.05) is 20.0 Å². The minimum absolute atomic E-state index is 0.0464. The SMILES string of the molecule is CNC(=O)CCNc1cnn(C(C)C)c(=O)c1Cl. The predicted octanol–water partition coefficient (Wildman–Crippen LogP) is 1.03. The average molecular weight is 273 g/mol. The molecule has 0 radical (unpaired) electrons. The Kier molecular flexibility index (Phi) is 5.15. The van der Waals surface area contributed by atoms with Crippen molar-refractivity contribution in [3.63, 3.8) is 0 Å². The molecule has 0 fully saturated rings. The molecule has 0 aliphatic rings. The van der Waals surface area contributed by atoms with E-state index in [9.17, 15) is 9.59 Å². The van der Waals surface area contributed by atoms with Crippen LogP contribution in [-0.4, -0.2) is 29.3 Å². The molecule has 1 aromatic heterocycles. The van der Waals surface area contributed by atoms with Crippen LogP contribution in [0.25, 0.3) is 0 Å². The highest BCUT2D eigenvalue weighted by molar-refractivity contribution is 6.32. The number of amides is 1. The van der Waals surface area contributed by atoms with E-state index in [-0.39, 0.29) is 22.5 Å². The molecule has 7 heteroatoms. The van der Waals surface area contributed by atoms with Crippen LogP contribution in [0, 0.1) is 0 Å². The van der Waals surface area contributed by atoms with E-state index in [4.69, 9.17) is 11.6 Å². The second-order valence-electron chi connectivity index (χ2n) is 4.07. The number of hydrogen-bond donors (Lipinski definition) is 2. The first-order valence-corrected chi connectivity index (χ1v) is 6.07. The van der Waals surface area contributed by atoms with Crippen molar-refractivity contribution in [3.05, 3.63) is 21.6 Å². The number of nitrogens with zero attached hydrogens (tertiary/aromatic N) is 2. The van der Waals surface area contributed by atoms with E-state index in [1.54, 1.807) is 7.05 Å². The van der Waals surface area contributed by atoms with Crippen LogP contribution < -0.4 is 16.2 Å². The second-order valence-corrected chi connectivity index (χ2v) is 4.44. The minimum atomic E-state index is -0.336. The molecule has 0 bridgehead atoms. The first-order chi connectivity index (χ1) is 8.47. The monoisotopic (exact) mass is 272 g/mol. The van der Waals surface area contributed by atoms with Gasteiger partial charge in [-0.05, 0) is 13.8 Å². The Labute approximate surface area is 110 Å². The van der Waals surface area contributed by atoms with Gasteiger partial charge in [-0.25, -0.2) is 4.68 Å². The molecule has 18 heavy (non-hydrogen) atoms.